The van der Waals surface area contributed by atoms with Crippen LogP contribution in [-0.2, 0) is 25.5 Å². The predicted molar refractivity (Wildman–Crippen MR) is 149 cm³/mol. The maximum absolute atomic E-state index is 12.5. The summed E-state index contributed by atoms with van der Waals surface area (Å²) in [5.41, 5.74) is 6.87. The van der Waals surface area contributed by atoms with Gasteiger partial charge in [-0.1, -0.05) is 0 Å². The zero-order valence-corrected chi connectivity index (χ0v) is 24.0. The lowest BCUT2D eigenvalue weighted by Crippen LogP contribution is -2.42. The predicted octanol–water partition coefficient (Wildman–Crippen LogP) is -0.0441. The number of aryl methyl sites for hydroxylation is 1. The van der Waals surface area contributed by atoms with Gasteiger partial charge in [-0.15, -0.1) is 0 Å². The third kappa shape index (κ3) is 6.13. The van der Waals surface area contributed by atoms with Gasteiger partial charge in [0.25, 0.3) is 5.91 Å². The standard InChI is InChI=1S/C27H40N8O7/c1-3-29-25(39)22-20(37)21(38)26(42-22)35-14-30-19-23(28)31-17(32-24(19)35)6-4-5-15-9-11-34(12-10-15)27(40)41-13-16-7-8-18(36)33(16)2/h14-16,20-22,26,37-38H,3-13H2,1-2H3,(H,29,39)(H2,28,31,32)/t16?,20?,21-,22-,26+/m0/s1. The van der Waals surface area contributed by atoms with E-state index < -0.39 is 30.4 Å². The first-order chi connectivity index (χ1) is 20.2. The smallest absolute Gasteiger partial charge is 0.409 e. The Kier molecular flexibility index (Phi) is 9.08. The van der Waals surface area contributed by atoms with Crippen LogP contribution in [0, 0.1) is 5.92 Å². The molecule has 15 nitrogen and oxygen atoms in total. The molecule has 5 N–H and O–H groups in total. The molecule has 3 aliphatic heterocycles. The molecule has 2 aromatic heterocycles. The number of imidazole rings is 1. The summed E-state index contributed by atoms with van der Waals surface area (Å²) in [6, 6.07) is -0.0420. The van der Waals surface area contributed by atoms with Crippen molar-refractivity contribution in [1.82, 2.24) is 34.6 Å². The number of fused-ring (bicyclic) bond motifs is 1. The molecule has 5 rings (SSSR count). The quantitative estimate of drug-likeness (QED) is 0.306. The average Bonchev–Trinajstić information content (AvgIpc) is 3.63. The number of hydrogen-bond acceptors (Lipinski definition) is 11. The van der Waals surface area contributed by atoms with Crippen molar-refractivity contribution >= 4 is 34.9 Å². The van der Waals surface area contributed by atoms with Gasteiger partial charge in [-0.3, -0.25) is 14.2 Å². The molecular formula is C27H40N8O7. The van der Waals surface area contributed by atoms with Crippen molar-refractivity contribution in [2.75, 3.05) is 39.0 Å². The number of rotatable bonds is 9. The molecule has 0 spiro atoms. The number of nitrogen functional groups attached to an aromatic ring is 1. The topological polar surface area (TPSA) is 198 Å². The third-order valence-electron chi connectivity index (χ3n) is 8.53. The fraction of sp³-hybridized carbons (Fsp3) is 0.704. The summed E-state index contributed by atoms with van der Waals surface area (Å²) in [6.45, 7) is 3.60. The summed E-state index contributed by atoms with van der Waals surface area (Å²) < 4.78 is 12.7. The zero-order chi connectivity index (χ0) is 30.0. The second kappa shape index (κ2) is 12.8. The lowest BCUT2D eigenvalue weighted by atomic mass is 9.91. The van der Waals surface area contributed by atoms with E-state index in [0.717, 1.165) is 25.7 Å². The number of nitrogens with two attached hydrogens (primary N) is 1. The maximum atomic E-state index is 12.5. The Hall–Kier alpha value is -3.56. The van der Waals surface area contributed by atoms with Gasteiger partial charge in [-0.25, -0.2) is 19.7 Å². The number of nitrogens with one attached hydrogen (secondary N) is 1. The Balaban J connectivity index is 1.12. The van der Waals surface area contributed by atoms with E-state index in [1.807, 2.05) is 0 Å². The number of carbonyl (C=O) groups is 3. The van der Waals surface area contributed by atoms with Gasteiger partial charge in [0.2, 0.25) is 5.91 Å². The summed E-state index contributed by atoms with van der Waals surface area (Å²) in [4.78, 5) is 53.1. The highest BCUT2D eigenvalue weighted by Crippen LogP contribution is 2.32. The van der Waals surface area contributed by atoms with E-state index in [9.17, 15) is 24.6 Å². The molecule has 3 fully saturated rings. The van der Waals surface area contributed by atoms with Gasteiger partial charge >= 0.3 is 6.09 Å². The number of hydrogen-bond donors (Lipinski definition) is 4. The Labute approximate surface area is 243 Å². The molecule has 0 radical (unpaired) electrons. The normalized spacial score (nSPS) is 26.8. The first kappa shape index (κ1) is 29.9. The monoisotopic (exact) mass is 588 g/mol. The number of likely N-dealkylation sites (N-methyl/N-ethyl adjacent to an activating group) is 2. The van der Waals surface area contributed by atoms with Crippen LogP contribution in [0.4, 0.5) is 10.6 Å². The lowest BCUT2D eigenvalue weighted by Gasteiger charge is -2.32. The van der Waals surface area contributed by atoms with Crippen LogP contribution in [0.2, 0.25) is 0 Å². The van der Waals surface area contributed by atoms with Gasteiger partial charge in [-0.05, 0) is 44.9 Å². The molecule has 3 amide bonds. The first-order valence-corrected chi connectivity index (χ1v) is 14.6. The number of carbonyl (C=O) groups excluding carboxylic acids is 3. The van der Waals surface area contributed by atoms with Gasteiger partial charge in [0.15, 0.2) is 23.8 Å². The largest absolute Gasteiger partial charge is 0.447 e. The molecule has 2 aromatic rings. The van der Waals surface area contributed by atoms with Crippen LogP contribution in [0.15, 0.2) is 6.33 Å². The molecule has 0 aromatic carbocycles. The van der Waals surface area contributed by atoms with Crippen LogP contribution in [0.25, 0.3) is 11.2 Å². The minimum absolute atomic E-state index is 0.0420. The van der Waals surface area contributed by atoms with Gasteiger partial charge in [-0.2, -0.15) is 0 Å². The summed E-state index contributed by atoms with van der Waals surface area (Å²) >= 11 is 0. The van der Waals surface area contributed by atoms with Crippen LogP contribution in [-0.4, -0.2) is 115 Å². The SMILES string of the molecule is CCNC(=O)[C@H]1O[C@@H](n2cnc3c(N)nc(CCCC4CCN(C(=O)OCC5CCC(=O)N5C)CC4)nc32)[C@@H](O)C1O. The highest BCUT2D eigenvalue weighted by Gasteiger charge is 2.47. The van der Waals surface area contributed by atoms with Crippen LogP contribution >= 0.6 is 0 Å². The minimum atomic E-state index is -1.41. The van der Waals surface area contributed by atoms with Crippen LogP contribution < -0.4 is 11.1 Å². The van der Waals surface area contributed by atoms with Crippen LogP contribution in [0.3, 0.4) is 0 Å². The van der Waals surface area contributed by atoms with Crippen molar-refractivity contribution < 1.29 is 34.1 Å². The fourth-order valence-corrected chi connectivity index (χ4v) is 5.93. The molecule has 0 bridgehead atoms. The Bertz CT molecular complexity index is 1300. The van der Waals surface area contributed by atoms with Crippen molar-refractivity contribution in [3.8, 4) is 0 Å². The number of ether oxygens (including phenoxy) is 2. The second-order valence-corrected chi connectivity index (χ2v) is 11.3. The first-order valence-electron chi connectivity index (χ1n) is 14.6. The molecule has 5 atom stereocenters. The average molecular weight is 589 g/mol. The highest BCUT2D eigenvalue weighted by atomic mass is 16.6. The van der Waals surface area contributed by atoms with E-state index >= 15 is 0 Å². The maximum Gasteiger partial charge on any atom is 0.409 e. The lowest BCUT2D eigenvalue weighted by molar-refractivity contribution is -0.137. The van der Waals surface area contributed by atoms with E-state index in [0.29, 0.717) is 61.8 Å². The van der Waals surface area contributed by atoms with Gasteiger partial charge in [0.05, 0.1) is 12.4 Å². The van der Waals surface area contributed by atoms with Crippen LogP contribution in [0.5, 0.6) is 0 Å². The van der Waals surface area contributed by atoms with Gasteiger partial charge in [0.1, 0.15) is 30.2 Å². The van der Waals surface area contributed by atoms with Crippen molar-refractivity contribution in [3.05, 3.63) is 12.2 Å². The Morgan fingerprint density at radius 2 is 1.95 bits per heavy atom. The van der Waals surface area contributed by atoms with Gasteiger partial charge in [0, 0.05) is 39.5 Å². The molecule has 42 heavy (non-hydrogen) atoms. The minimum Gasteiger partial charge on any atom is -0.447 e. The third-order valence-corrected chi connectivity index (χ3v) is 8.53. The number of nitrogens with zero attached hydrogens (tertiary/aromatic N) is 6. The van der Waals surface area contributed by atoms with E-state index in [2.05, 4.69) is 20.3 Å². The zero-order valence-electron chi connectivity index (χ0n) is 24.0. The number of aromatic nitrogens is 4. The summed E-state index contributed by atoms with van der Waals surface area (Å²) in [7, 11) is 1.75. The summed E-state index contributed by atoms with van der Waals surface area (Å²) in [5, 5.41) is 23.6. The second-order valence-electron chi connectivity index (χ2n) is 11.3. The molecule has 5 heterocycles. The number of likely N-dealkylation sites (tertiary alicyclic amines) is 2. The van der Waals surface area contributed by atoms with E-state index in [1.165, 1.54) is 10.9 Å². The van der Waals surface area contributed by atoms with Crippen molar-refractivity contribution in [1.29, 1.82) is 0 Å². The highest BCUT2D eigenvalue weighted by molar-refractivity contribution is 5.83. The molecule has 2 unspecified atom stereocenters. The van der Waals surface area contributed by atoms with Crippen molar-refractivity contribution in [3.63, 3.8) is 0 Å². The van der Waals surface area contributed by atoms with E-state index in [-0.39, 0.29) is 30.5 Å². The summed E-state index contributed by atoms with van der Waals surface area (Å²) in [6.07, 6.45) is 1.29. The number of aliphatic hydroxyl groups is 2. The molecule has 15 heteroatoms. The fourth-order valence-electron chi connectivity index (χ4n) is 5.93. The number of anilines is 1. The summed E-state index contributed by atoms with van der Waals surface area (Å²) in [5.74, 6) is 0.744. The Morgan fingerprint density at radius 3 is 2.64 bits per heavy atom. The number of aliphatic hydroxyl groups excluding tert-OH is 2. The van der Waals surface area contributed by atoms with Crippen molar-refractivity contribution in [2.24, 2.45) is 5.92 Å². The molecule has 0 saturated carbocycles. The Morgan fingerprint density at radius 1 is 1.19 bits per heavy atom. The number of piperidine rings is 1. The molecule has 230 valence electrons. The number of amides is 3. The van der Waals surface area contributed by atoms with E-state index in [1.54, 1.807) is 23.8 Å². The van der Waals surface area contributed by atoms with Crippen molar-refractivity contribution in [2.45, 2.75) is 82.5 Å². The molecule has 3 saturated heterocycles. The molecule has 0 aliphatic carbocycles. The van der Waals surface area contributed by atoms with Gasteiger partial charge < -0.3 is 40.5 Å². The molecular weight excluding hydrogens is 548 g/mol. The van der Waals surface area contributed by atoms with Crippen LogP contribution in [0.1, 0.15) is 57.5 Å². The molecule has 3 aliphatic rings. The van der Waals surface area contributed by atoms with E-state index in [4.69, 9.17) is 15.2 Å².